The molecule has 0 aliphatic carbocycles. The number of aliphatic hydroxyl groups is 2. The van der Waals surface area contributed by atoms with E-state index in [0.29, 0.717) is 23.5 Å². The molecule has 3 aliphatic heterocycles. The average molecular weight is 562 g/mol. The van der Waals surface area contributed by atoms with Crippen LogP contribution in [0.5, 0.6) is 0 Å². The standard InChI is InChI=1S/C31H35N3O7/c1-20(8-6-12-27(37)32-15-7-11-24(32)19-35)31(40)25-16-23(34-28(38)17-29(34)41-21(2)36)13-14-26(25)33(30(31)39)18-22-9-4-3-5-10-22/h3-6,8-10,13-14,16,20,24,29,35,40H,7,11-12,15,17-19H2,1-2H3/b8-6+/t20-,24-,29?,31+/m0/s1. The van der Waals surface area contributed by atoms with Crippen molar-refractivity contribution in [3.63, 3.8) is 0 Å². The predicted molar refractivity (Wildman–Crippen MR) is 150 cm³/mol. The minimum atomic E-state index is -1.97. The minimum absolute atomic E-state index is 0.0569. The maximum Gasteiger partial charge on any atom is 0.304 e. The summed E-state index contributed by atoms with van der Waals surface area (Å²) in [6, 6.07) is 14.2. The first kappa shape index (κ1) is 28.5. The molecule has 216 valence electrons. The molecule has 3 heterocycles. The van der Waals surface area contributed by atoms with Gasteiger partial charge in [0.1, 0.15) is 0 Å². The molecule has 10 heteroatoms. The third-order valence-electron chi connectivity index (χ3n) is 8.21. The Balaban J connectivity index is 1.45. The van der Waals surface area contributed by atoms with Crippen molar-refractivity contribution in [2.45, 2.75) is 63.9 Å². The Hall–Kier alpha value is -4.02. The van der Waals surface area contributed by atoms with Crippen molar-refractivity contribution in [2.75, 3.05) is 23.0 Å². The van der Waals surface area contributed by atoms with Crippen LogP contribution in [0.25, 0.3) is 0 Å². The van der Waals surface area contributed by atoms with E-state index in [9.17, 15) is 29.4 Å². The molecule has 5 rings (SSSR count). The molecule has 2 saturated heterocycles. The van der Waals surface area contributed by atoms with E-state index in [1.807, 2.05) is 30.3 Å². The highest BCUT2D eigenvalue weighted by atomic mass is 16.6. The fraction of sp³-hybridized carbons (Fsp3) is 0.419. The third kappa shape index (κ3) is 5.25. The first-order chi connectivity index (χ1) is 19.6. The van der Waals surface area contributed by atoms with Crippen LogP contribution in [-0.2, 0) is 36.1 Å². The smallest absolute Gasteiger partial charge is 0.304 e. The van der Waals surface area contributed by atoms with Gasteiger partial charge in [-0.05, 0) is 36.6 Å². The van der Waals surface area contributed by atoms with E-state index in [2.05, 4.69) is 0 Å². The van der Waals surface area contributed by atoms with Crippen LogP contribution < -0.4 is 9.80 Å². The topological polar surface area (TPSA) is 128 Å². The number of carbonyl (C=O) groups is 4. The van der Waals surface area contributed by atoms with Crippen molar-refractivity contribution in [1.29, 1.82) is 0 Å². The van der Waals surface area contributed by atoms with Crippen molar-refractivity contribution in [1.82, 2.24) is 4.90 Å². The Morgan fingerprint density at radius 2 is 1.93 bits per heavy atom. The molecule has 2 N–H and O–H groups in total. The number of aliphatic hydroxyl groups excluding tert-OH is 1. The van der Waals surface area contributed by atoms with Crippen molar-refractivity contribution < 1.29 is 34.1 Å². The lowest BCUT2D eigenvalue weighted by Crippen LogP contribution is -2.55. The van der Waals surface area contributed by atoms with Crippen LogP contribution in [0.1, 0.15) is 50.7 Å². The van der Waals surface area contributed by atoms with Crippen LogP contribution in [0.3, 0.4) is 0 Å². The molecule has 0 saturated carbocycles. The molecule has 1 unspecified atom stereocenters. The minimum Gasteiger partial charge on any atom is -0.441 e. The van der Waals surface area contributed by atoms with E-state index in [-0.39, 0.29) is 43.8 Å². The second kappa shape index (κ2) is 11.5. The Kier molecular flexibility index (Phi) is 7.97. The molecule has 2 aromatic carbocycles. The second-order valence-electron chi connectivity index (χ2n) is 10.9. The average Bonchev–Trinajstić information content (AvgIpc) is 3.51. The van der Waals surface area contributed by atoms with E-state index >= 15 is 0 Å². The van der Waals surface area contributed by atoms with Gasteiger partial charge in [-0.1, -0.05) is 49.4 Å². The molecule has 0 spiro atoms. The van der Waals surface area contributed by atoms with Gasteiger partial charge in [-0.15, -0.1) is 0 Å². The number of β-lactam (4-membered cyclic amide) rings is 1. The van der Waals surface area contributed by atoms with E-state index in [1.54, 1.807) is 42.2 Å². The number of esters is 1. The number of ether oxygens (including phenoxy) is 1. The lowest BCUT2D eigenvalue weighted by molar-refractivity contribution is -0.154. The van der Waals surface area contributed by atoms with Gasteiger partial charge < -0.3 is 24.7 Å². The first-order valence-electron chi connectivity index (χ1n) is 13.9. The second-order valence-corrected chi connectivity index (χ2v) is 10.9. The van der Waals surface area contributed by atoms with Gasteiger partial charge in [0.25, 0.3) is 5.91 Å². The quantitative estimate of drug-likeness (QED) is 0.274. The Morgan fingerprint density at radius 1 is 1.17 bits per heavy atom. The van der Waals surface area contributed by atoms with Gasteiger partial charge in [0.15, 0.2) is 11.8 Å². The molecular weight excluding hydrogens is 526 g/mol. The highest BCUT2D eigenvalue weighted by molar-refractivity contribution is 6.08. The van der Waals surface area contributed by atoms with Crippen LogP contribution in [0.2, 0.25) is 0 Å². The molecule has 0 bridgehead atoms. The Bertz CT molecular complexity index is 1380. The highest BCUT2D eigenvalue weighted by Gasteiger charge is 2.53. The summed E-state index contributed by atoms with van der Waals surface area (Å²) in [5.41, 5.74) is 0.174. The summed E-state index contributed by atoms with van der Waals surface area (Å²) in [4.78, 5) is 55.3. The molecule has 4 atom stereocenters. The third-order valence-corrected chi connectivity index (χ3v) is 8.21. The molecule has 2 aromatic rings. The van der Waals surface area contributed by atoms with Gasteiger partial charge in [0, 0.05) is 37.1 Å². The molecule has 10 nitrogen and oxygen atoms in total. The van der Waals surface area contributed by atoms with Gasteiger partial charge in [-0.3, -0.25) is 24.1 Å². The fourth-order valence-corrected chi connectivity index (χ4v) is 5.97. The zero-order valence-corrected chi connectivity index (χ0v) is 23.2. The maximum absolute atomic E-state index is 13.9. The molecule has 0 aromatic heterocycles. The molecule has 41 heavy (non-hydrogen) atoms. The normalized spacial score (nSPS) is 24.5. The van der Waals surface area contributed by atoms with E-state index in [4.69, 9.17) is 4.74 Å². The van der Waals surface area contributed by atoms with Crippen LogP contribution >= 0.6 is 0 Å². The number of carbonyl (C=O) groups excluding carboxylic acids is 4. The zero-order valence-electron chi connectivity index (χ0n) is 23.2. The van der Waals surface area contributed by atoms with Crippen LogP contribution in [0, 0.1) is 5.92 Å². The van der Waals surface area contributed by atoms with Gasteiger partial charge in [-0.25, -0.2) is 0 Å². The summed E-state index contributed by atoms with van der Waals surface area (Å²) < 4.78 is 5.26. The molecule has 2 fully saturated rings. The van der Waals surface area contributed by atoms with E-state index in [1.165, 1.54) is 16.7 Å². The number of likely N-dealkylation sites (tertiary alicyclic amines) is 1. The van der Waals surface area contributed by atoms with Gasteiger partial charge in [0.2, 0.25) is 11.8 Å². The van der Waals surface area contributed by atoms with Crippen LogP contribution in [0.4, 0.5) is 11.4 Å². The summed E-state index contributed by atoms with van der Waals surface area (Å²) in [5, 5.41) is 21.7. The maximum atomic E-state index is 13.9. The Labute approximate surface area is 238 Å². The van der Waals surface area contributed by atoms with Crippen molar-refractivity contribution in [2.24, 2.45) is 5.92 Å². The van der Waals surface area contributed by atoms with Crippen molar-refractivity contribution in [3.8, 4) is 0 Å². The summed E-state index contributed by atoms with van der Waals surface area (Å²) in [6.45, 7) is 3.75. The number of anilines is 2. The largest absolute Gasteiger partial charge is 0.441 e. The summed E-state index contributed by atoms with van der Waals surface area (Å²) in [7, 11) is 0. The molecular formula is C31H35N3O7. The monoisotopic (exact) mass is 561 g/mol. The van der Waals surface area contributed by atoms with Gasteiger partial charge >= 0.3 is 5.97 Å². The molecule has 3 amide bonds. The van der Waals surface area contributed by atoms with Gasteiger partial charge in [-0.2, -0.15) is 0 Å². The first-order valence-corrected chi connectivity index (χ1v) is 13.9. The number of amides is 3. The number of nitrogens with zero attached hydrogens (tertiary/aromatic N) is 3. The number of hydrogen-bond acceptors (Lipinski definition) is 7. The van der Waals surface area contributed by atoms with Crippen molar-refractivity contribution >= 4 is 35.1 Å². The predicted octanol–water partition coefficient (Wildman–Crippen LogP) is 2.61. The lowest BCUT2D eigenvalue weighted by atomic mass is 9.82. The number of fused-ring (bicyclic) bond motifs is 1. The summed E-state index contributed by atoms with van der Waals surface area (Å²) in [6.07, 6.45) is 4.33. The zero-order chi connectivity index (χ0) is 29.3. The van der Waals surface area contributed by atoms with Crippen molar-refractivity contribution in [3.05, 3.63) is 71.8 Å². The fourth-order valence-electron chi connectivity index (χ4n) is 5.97. The number of benzene rings is 2. The van der Waals surface area contributed by atoms with Crippen LogP contribution in [0.15, 0.2) is 60.7 Å². The summed E-state index contributed by atoms with van der Waals surface area (Å²) >= 11 is 0. The number of rotatable bonds is 9. The van der Waals surface area contributed by atoms with E-state index in [0.717, 1.165) is 18.4 Å². The van der Waals surface area contributed by atoms with Gasteiger partial charge in [0.05, 0.1) is 31.3 Å². The summed E-state index contributed by atoms with van der Waals surface area (Å²) in [5.74, 6) is -2.10. The molecule has 3 aliphatic rings. The number of hydrogen-bond donors (Lipinski definition) is 2. The molecule has 0 radical (unpaired) electrons. The lowest BCUT2D eigenvalue weighted by Gasteiger charge is -2.39. The van der Waals surface area contributed by atoms with E-state index < -0.39 is 29.6 Å². The van der Waals surface area contributed by atoms with Crippen LogP contribution in [-0.4, -0.2) is 64.2 Å². The highest BCUT2D eigenvalue weighted by Crippen LogP contribution is 2.48. The SMILES string of the molecule is CC(=O)OC1CC(=O)N1c1ccc2c(c1)[C@](O)([C@@H](C)/C=C/CC(=O)N1CCC[C@H]1CO)C(=O)N2Cc1ccccc1. The Morgan fingerprint density at radius 3 is 2.61 bits per heavy atom.